The van der Waals surface area contributed by atoms with Gasteiger partial charge in [0.1, 0.15) is 6.29 Å². The zero-order chi connectivity index (χ0) is 8.53. The fourth-order valence-corrected chi connectivity index (χ4v) is 0.724. The molecule has 1 unspecified atom stereocenters. The predicted octanol–water partition coefficient (Wildman–Crippen LogP) is 1.10. The lowest BCUT2D eigenvalue weighted by atomic mass is 10.2. The van der Waals surface area contributed by atoms with E-state index in [1.807, 2.05) is 6.92 Å². The Bertz CT molecular complexity index is 87.3. The first-order valence-electron chi connectivity index (χ1n) is 4.04. The van der Waals surface area contributed by atoms with Gasteiger partial charge in [-0.15, -0.1) is 0 Å². The first kappa shape index (κ1) is 10.6. The first-order chi connectivity index (χ1) is 5.31. The van der Waals surface area contributed by atoms with Gasteiger partial charge in [0.05, 0.1) is 0 Å². The van der Waals surface area contributed by atoms with Crippen LogP contribution in [0, 0.1) is 0 Å². The normalized spacial score (nSPS) is 23.3. The van der Waals surface area contributed by atoms with Crippen molar-refractivity contribution in [3.05, 3.63) is 0 Å². The second-order valence-corrected chi connectivity index (χ2v) is 2.40. The number of carbonyl (C=O) groups excluding carboxylic acids is 1. The average Bonchev–Trinajstić information content (AvgIpc) is 2.07. The predicted molar refractivity (Wildman–Crippen MR) is 42.2 cm³/mol. The SMILES string of the molecule is CCC=O.OC1CCCCO1. The van der Waals surface area contributed by atoms with E-state index in [2.05, 4.69) is 0 Å². The van der Waals surface area contributed by atoms with Crippen LogP contribution in [-0.4, -0.2) is 24.3 Å². The van der Waals surface area contributed by atoms with Crippen molar-refractivity contribution in [1.82, 2.24) is 0 Å². The van der Waals surface area contributed by atoms with Crippen molar-refractivity contribution in [2.24, 2.45) is 0 Å². The van der Waals surface area contributed by atoms with Crippen LogP contribution in [0.3, 0.4) is 0 Å². The summed E-state index contributed by atoms with van der Waals surface area (Å²) in [7, 11) is 0. The van der Waals surface area contributed by atoms with Crippen LogP contribution in [0.5, 0.6) is 0 Å². The summed E-state index contributed by atoms with van der Waals surface area (Å²) in [5.41, 5.74) is 0. The highest BCUT2D eigenvalue weighted by Crippen LogP contribution is 2.08. The van der Waals surface area contributed by atoms with E-state index in [9.17, 15) is 4.79 Å². The lowest BCUT2D eigenvalue weighted by Gasteiger charge is -2.16. The number of carbonyl (C=O) groups is 1. The molecule has 0 amide bonds. The monoisotopic (exact) mass is 160 g/mol. The van der Waals surface area contributed by atoms with Gasteiger partial charge in [0, 0.05) is 13.0 Å². The highest BCUT2D eigenvalue weighted by atomic mass is 16.6. The van der Waals surface area contributed by atoms with E-state index in [-0.39, 0.29) is 0 Å². The van der Waals surface area contributed by atoms with Crippen LogP contribution in [-0.2, 0) is 9.53 Å². The summed E-state index contributed by atoms with van der Waals surface area (Å²) < 4.78 is 4.83. The second-order valence-electron chi connectivity index (χ2n) is 2.40. The smallest absolute Gasteiger partial charge is 0.154 e. The van der Waals surface area contributed by atoms with E-state index in [0.717, 1.165) is 32.2 Å². The second kappa shape index (κ2) is 7.69. The van der Waals surface area contributed by atoms with Crippen molar-refractivity contribution in [3.63, 3.8) is 0 Å². The van der Waals surface area contributed by atoms with Gasteiger partial charge in [-0.2, -0.15) is 0 Å². The van der Waals surface area contributed by atoms with E-state index in [1.165, 1.54) is 0 Å². The molecule has 0 radical (unpaired) electrons. The molecule has 1 rings (SSSR count). The lowest BCUT2D eigenvalue weighted by Crippen LogP contribution is -2.17. The summed E-state index contributed by atoms with van der Waals surface area (Å²) in [4.78, 5) is 9.17. The molecule has 1 fully saturated rings. The fraction of sp³-hybridized carbons (Fsp3) is 0.875. The molecule has 0 aliphatic carbocycles. The summed E-state index contributed by atoms with van der Waals surface area (Å²) in [6.45, 7) is 2.55. The maximum Gasteiger partial charge on any atom is 0.154 e. The Labute approximate surface area is 67.4 Å². The molecule has 1 aliphatic heterocycles. The fourth-order valence-electron chi connectivity index (χ4n) is 0.724. The minimum atomic E-state index is -0.464. The Balaban J connectivity index is 0.000000218. The minimum absolute atomic E-state index is 0.464. The van der Waals surface area contributed by atoms with E-state index < -0.39 is 6.29 Å². The molecule has 0 spiro atoms. The van der Waals surface area contributed by atoms with Crippen LogP contribution in [0.2, 0.25) is 0 Å². The van der Waals surface area contributed by atoms with E-state index in [1.54, 1.807) is 0 Å². The van der Waals surface area contributed by atoms with Crippen molar-refractivity contribution in [2.75, 3.05) is 6.61 Å². The number of rotatable bonds is 1. The molecule has 1 heterocycles. The third-order valence-corrected chi connectivity index (χ3v) is 1.32. The number of aliphatic hydroxyl groups is 1. The summed E-state index contributed by atoms with van der Waals surface area (Å²) in [6, 6.07) is 0. The van der Waals surface area contributed by atoms with Gasteiger partial charge < -0.3 is 14.6 Å². The summed E-state index contributed by atoms with van der Waals surface area (Å²) in [5.74, 6) is 0. The van der Waals surface area contributed by atoms with Crippen molar-refractivity contribution in [1.29, 1.82) is 0 Å². The summed E-state index contributed by atoms with van der Waals surface area (Å²) >= 11 is 0. The molecule has 0 aromatic rings. The van der Waals surface area contributed by atoms with Gasteiger partial charge in [-0.25, -0.2) is 0 Å². The van der Waals surface area contributed by atoms with Gasteiger partial charge in [0.25, 0.3) is 0 Å². The molecule has 1 atom stereocenters. The average molecular weight is 160 g/mol. The van der Waals surface area contributed by atoms with Crippen LogP contribution >= 0.6 is 0 Å². The topological polar surface area (TPSA) is 46.5 Å². The zero-order valence-corrected chi connectivity index (χ0v) is 6.95. The van der Waals surface area contributed by atoms with Crippen molar-refractivity contribution in [3.8, 4) is 0 Å². The molecule has 3 nitrogen and oxygen atoms in total. The van der Waals surface area contributed by atoms with Crippen LogP contribution in [0.15, 0.2) is 0 Å². The Morgan fingerprint density at radius 2 is 2.27 bits per heavy atom. The molecule has 1 aliphatic rings. The molecule has 0 aromatic heterocycles. The number of aliphatic hydroxyl groups excluding tert-OH is 1. The number of hydrogen-bond acceptors (Lipinski definition) is 3. The van der Waals surface area contributed by atoms with Crippen molar-refractivity contribution >= 4 is 6.29 Å². The Morgan fingerprint density at radius 1 is 1.64 bits per heavy atom. The molecule has 1 saturated heterocycles. The number of ether oxygens (including phenoxy) is 1. The molecule has 0 aromatic carbocycles. The van der Waals surface area contributed by atoms with Gasteiger partial charge in [0.15, 0.2) is 6.29 Å². The Morgan fingerprint density at radius 3 is 2.45 bits per heavy atom. The largest absolute Gasteiger partial charge is 0.368 e. The molecule has 1 N–H and O–H groups in total. The number of hydrogen-bond donors (Lipinski definition) is 1. The first-order valence-corrected chi connectivity index (χ1v) is 4.04. The van der Waals surface area contributed by atoms with Gasteiger partial charge in [0.2, 0.25) is 0 Å². The van der Waals surface area contributed by atoms with E-state index >= 15 is 0 Å². The molecular weight excluding hydrogens is 144 g/mol. The molecule has 11 heavy (non-hydrogen) atoms. The third-order valence-electron chi connectivity index (χ3n) is 1.32. The summed E-state index contributed by atoms with van der Waals surface area (Å²) in [6.07, 6.45) is 4.09. The van der Waals surface area contributed by atoms with Crippen molar-refractivity contribution in [2.45, 2.75) is 38.9 Å². The van der Waals surface area contributed by atoms with Gasteiger partial charge in [-0.05, 0) is 19.3 Å². The maximum atomic E-state index is 9.17. The molecule has 0 bridgehead atoms. The minimum Gasteiger partial charge on any atom is -0.368 e. The Hall–Kier alpha value is -0.410. The molecule has 3 heteroatoms. The van der Waals surface area contributed by atoms with Gasteiger partial charge in [-0.1, -0.05) is 6.92 Å². The molecule has 66 valence electrons. The number of aldehydes is 1. The van der Waals surface area contributed by atoms with Crippen LogP contribution in [0.1, 0.15) is 32.6 Å². The van der Waals surface area contributed by atoms with E-state index in [0.29, 0.717) is 6.42 Å². The quantitative estimate of drug-likeness (QED) is 0.584. The van der Waals surface area contributed by atoms with Crippen LogP contribution < -0.4 is 0 Å². The van der Waals surface area contributed by atoms with Gasteiger partial charge in [-0.3, -0.25) is 0 Å². The highest BCUT2D eigenvalue weighted by molar-refractivity contribution is 5.48. The molecule has 0 saturated carbocycles. The summed E-state index contributed by atoms with van der Waals surface area (Å²) in [5, 5.41) is 8.69. The van der Waals surface area contributed by atoms with Crippen molar-refractivity contribution < 1.29 is 14.6 Å². The maximum absolute atomic E-state index is 9.17. The molecular formula is C8H16O3. The zero-order valence-electron chi connectivity index (χ0n) is 6.95. The van der Waals surface area contributed by atoms with Crippen LogP contribution in [0.25, 0.3) is 0 Å². The van der Waals surface area contributed by atoms with Gasteiger partial charge >= 0.3 is 0 Å². The Kier molecular flexibility index (Phi) is 7.41. The lowest BCUT2D eigenvalue weighted by molar-refractivity contribution is -0.123. The standard InChI is InChI=1S/C5H10O2.C3H6O/c6-5-3-1-2-4-7-5;1-2-3-4/h5-6H,1-4H2;3H,2H2,1H3. The van der Waals surface area contributed by atoms with E-state index in [4.69, 9.17) is 9.84 Å². The highest BCUT2D eigenvalue weighted by Gasteiger charge is 2.07. The van der Waals surface area contributed by atoms with Crippen LogP contribution in [0.4, 0.5) is 0 Å². The third kappa shape index (κ3) is 7.49.